The molecule has 1 fully saturated rings. The molecule has 0 saturated carbocycles. The molecular formula is C14H17FN6O. The number of hydrogen-bond acceptors (Lipinski definition) is 7. The van der Waals surface area contributed by atoms with Gasteiger partial charge in [-0.1, -0.05) is 0 Å². The molecule has 8 heteroatoms. The molecule has 4 N–H and O–H groups in total. The molecule has 2 heterocycles. The second-order valence-electron chi connectivity index (χ2n) is 5.24. The van der Waals surface area contributed by atoms with E-state index in [1.54, 1.807) is 12.1 Å². The first-order valence-electron chi connectivity index (χ1n) is 7.02. The lowest BCUT2D eigenvalue weighted by atomic mass is 10.3. The lowest BCUT2D eigenvalue weighted by Crippen LogP contribution is -2.23. The van der Waals surface area contributed by atoms with Crippen LogP contribution in [0.2, 0.25) is 0 Å². The molecule has 3 rings (SSSR count). The molecule has 0 amide bonds. The zero-order valence-electron chi connectivity index (χ0n) is 11.9. The zero-order chi connectivity index (χ0) is 15.5. The van der Waals surface area contributed by atoms with Crippen LogP contribution in [0.3, 0.4) is 0 Å². The molecule has 7 nitrogen and oxygen atoms in total. The van der Waals surface area contributed by atoms with Crippen molar-refractivity contribution < 1.29 is 9.50 Å². The van der Waals surface area contributed by atoms with Crippen LogP contribution in [0.25, 0.3) is 0 Å². The number of β-amino-alcohol motifs (C(OH)–C–C–N with tert-alkyl or cyclic N) is 1. The third-order valence-electron chi connectivity index (χ3n) is 3.41. The summed E-state index contributed by atoms with van der Waals surface area (Å²) in [5.74, 6) is 0.656. The summed E-state index contributed by atoms with van der Waals surface area (Å²) in [7, 11) is 0. The van der Waals surface area contributed by atoms with Gasteiger partial charge in [0.1, 0.15) is 11.6 Å². The number of nitrogens with one attached hydrogen (secondary N) is 1. The lowest BCUT2D eigenvalue weighted by Gasteiger charge is -2.14. The standard InChI is InChI=1S/C14H17FN6O/c15-9-1-3-10(4-2-9)17-14-19-12(18-13(16)20-14)8-21-6-5-11(22)7-21/h1-4,11,22H,5-8H2,(H3,16,17,18,19,20)/t11-/m0/s1. The molecule has 0 bridgehead atoms. The molecule has 1 aromatic carbocycles. The Hall–Kier alpha value is -2.32. The van der Waals surface area contributed by atoms with E-state index >= 15 is 0 Å². The third-order valence-corrected chi connectivity index (χ3v) is 3.41. The van der Waals surface area contributed by atoms with E-state index in [9.17, 15) is 9.50 Å². The van der Waals surface area contributed by atoms with Gasteiger partial charge in [0.05, 0.1) is 12.6 Å². The molecule has 0 aliphatic carbocycles. The average Bonchev–Trinajstić information content (AvgIpc) is 2.86. The summed E-state index contributed by atoms with van der Waals surface area (Å²) in [6.07, 6.45) is 0.456. The summed E-state index contributed by atoms with van der Waals surface area (Å²) in [6.45, 7) is 1.90. The van der Waals surface area contributed by atoms with Crippen molar-refractivity contribution >= 4 is 17.6 Å². The van der Waals surface area contributed by atoms with E-state index in [-0.39, 0.29) is 17.9 Å². The highest BCUT2D eigenvalue weighted by Crippen LogP contribution is 2.16. The van der Waals surface area contributed by atoms with E-state index in [0.29, 0.717) is 30.5 Å². The number of nitrogen functional groups attached to an aromatic ring is 1. The fourth-order valence-corrected chi connectivity index (χ4v) is 2.38. The van der Waals surface area contributed by atoms with Crippen LogP contribution in [-0.2, 0) is 6.54 Å². The minimum absolute atomic E-state index is 0.120. The molecule has 0 unspecified atom stereocenters. The Morgan fingerprint density at radius 3 is 2.73 bits per heavy atom. The van der Waals surface area contributed by atoms with Crippen LogP contribution in [0, 0.1) is 5.82 Å². The number of nitrogens with zero attached hydrogens (tertiary/aromatic N) is 4. The largest absolute Gasteiger partial charge is 0.392 e. The molecule has 1 aliphatic heterocycles. The minimum atomic E-state index is -0.311. The Morgan fingerprint density at radius 1 is 1.27 bits per heavy atom. The van der Waals surface area contributed by atoms with Crippen LogP contribution in [0.15, 0.2) is 24.3 Å². The smallest absolute Gasteiger partial charge is 0.232 e. The van der Waals surface area contributed by atoms with Crippen molar-refractivity contribution in [3.63, 3.8) is 0 Å². The highest BCUT2D eigenvalue weighted by atomic mass is 19.1. The van der Waals surface area contributed by atoms with Crippen molar-refractivity contribution in [3.8, 4) is 0 Å². The van der Waals surface area contributed by atoms with Gasteiger partial charge in [-0.2, -0.15) is 15.0 Å². The Labute approximate surface area is 127 Å². The number of hydrogen-bond donors (Lipinski definition) is 3. The van der Waals surface area contributed by atoms with Gasteiger partial charge in [0.25, 0.3) is 0 Å². The number of benzene rings is 1. The summed E-state index contributed by atoms with van der Waals surface area (Å²) in [6, 6.07) is 5.87. The Bertz CT molecular complexity index is 650. The van der Waals surface area contributed by atoms with Gasteiger partial charge in [-0.3, -0.25) is 4.90 Å². The van der Waals surface area contributed by atoms with Gasteiger partial charge >= 0.3 is 0 Å². The first-order chi connectivity index (χ1) is 10.6. The number of aliphatic hydroxyl groups excluding tert-OH is 1. The van der Waals surface area contributed by atoms with Gasteiger partial charge < -0.3 is 16.2 Å². The number of aromatic nitrogens is 3. The van der Waals surface area contributed by atoms with E-state index in [1.807, 2.05) is 0 Å². The number of likely N-dealkylation sites (tertiary alicyclic amines) is 1. The van der Waals surface area contributed by atoms with E-state index < -0.39 is 0 Å². The SMILES string of the molecule is Nc1nc(CN2CC[C@H](O)C2)nc(Nc2ccc(F)cc2)n1. The Balaban J connectivity index is 1.73. The Kier molecular flexibility index (Phi) is 4.12. The molecule has 22 heavy (non-hydrogen) atoms. The topological polar surface area (TPSA) is 100 Å². The summed E-state index contributed by atoms with van der Waals surface area (Å²) < 4.78 is 12.9. The molecule has 1 atom stereocenters. The van der Waals surface area contributed by atoms with Gasteiger partial charge in [-0.05, 0) is 30.7 Å². The first-order valence-corrected chi connectivity index (χ1v) is 7.02. The van der Waals surface area contributed by atoms with E-state index in [4.69, 9.17) is 5.73 Å². The normalized spacial score (nSPS) is 18.5. The lowest BCUT2D eigenvalue weighted by molar-refractivity contribution is 0.174. The first kappa shape index (κ1) is 14.6. The van der Waals surface area contributed by atoms with Crippen LogP contribution in [0.5, 0.6) is 0 Å². The quantitative estimate of drug-likeness (QED) is 0.771. The van der Waals surface area contributed by atoms with Gasteiger partial charge in [0.2, 0.25) is 11.9 Å². The highest BCUT2D eigenvalue weighted by Gasteiger charge is 2.21. The average molecular weight is 304 g/mol. The summed E-state index contributed by atoms with van der Waals surface area (Å²) in [5, 5.41) is 12.5. The van der Waals surface area contributed by atoms with Crippen molar-refractivity contribution in [2.24, 2.45) is 0 Å². The van der Waals surface area contributed by atoms with E-state index in [1.165, 1.54) is 12.1 Å². The maximum atomic E-state index is 12.9. The maximum Gasteiger partial charge on any atom is 0.232 e. The predicted molar refractivity (Wildman–Crippen MR) is 79.8 cm³/mol. The molecule has 1 aliphatic rings. The van der Waals surface area contributed by atoms with Crippen LogP contribution in [0.1, 0.15) is 12.2 Å². The van der Waals surface area contributed by atoms with Gasteiger partial charge in [0.15, 0.2) is 0 Å². The number of nitrogens with two attached hydrogens (primary N) is 1. The van der Waals surface area contributed by atoms with Crippen molar-refractivity contribution in [2.45, 2.75) is 19.1 Å². The van der Waals surface area contributed by atoms with Crippen molar-refractivity contribution in [2.75, 3.05) is 24.1 Å². The summed E-state index contributed by atoms with van der Waals surface area (Å²) >= 11 is 0. The molecule has 116 valence electrons. The summed E-state index contributed by atoms with van der Waals surface area (Å²) in [4.78, 5) is 14.5. The van der Waals surface area contributed by atoms with Gasteiger partial charge in [-0.15, -0.1) is 0 Å². The zero-order valence-corrected chi connectivity index (χ0v) is 11.9. The molecule has 2 aromatic rings. The van der Waals surface area contributed by atoms with Gasteiger partial charge in [-0.25, -0.2) is 4.39 Å². The highest BCUT2D eigenvalue weighted by molar-refractivity contribution is 5.53. The van der Waals surface area contributed by atoms with Crippen LogP contribution < -0.4 is 11.1 Å². The number of aliphatic hydroxyl groups is 1. The predicted octanol–water partition coefficient (Wildman–Crippen LogP) is 0.903. The monoisotopic (exact) mass is 304 g/mol. The Morgan fingerprint density at radius 2 is 2.05 bits per heavy atom. The van der Waals surface area contributed by atoms with Crippen molar-refractivity contribution in [3.05, 3.63) is 35.9 Å². The molecule has 0 spiro atoms. The maximum absolute atomic E-state index is 12.9. The van der Waals surface area contributed by atoms with Crippen molar-refractivity contribution in [1.29, 1.82) is 0 Å². The molecule has 0 radical (unpaired) electrons. The number of rotatable bonds is 4. The second kappa shape index (κ2) is 6.20. The third kappa shape index (κ3) is 3.66. The number of anilines is 3. The fourth-order valence-electron chi connectivity index (χ4n) is 2.38. The molecule has 1 aromatic heterocycles. The second-order valence-corrected chi connectivity index (χ2v) is 5.24. The van der Waals surface area contributed by atoms with Crippen molar-refractivity contribution in [1.82, 2.24) is 19.9 Å². The fraction of sp³-hybridized carbons (Fsp3) is 0.357. The van der Waals surface area contributed by atoms with Gasteiger partial charge in [0, 0.05) is 18.8 Å². The van der Waals surface area contributed by atoms with Crippen LogP contribution in [0.4, 0.5) is 22.0 Å². The molecule has 1 saturated heterocycles. The van der Waals surface area contributed by atoms with Crippen LogP contribution >= 0.6 is 0 Å². The summed E-state index contributed by atoms with van der Waals surface area (Å²) in [5.41, 5.74) is 6.37. The van der Waals surface area contributed by atoms with E-state index in [0.717, 1.165) is 13.0 Å². The number of halogens is 1. The van der Waals surface area contributed by atoms with E-state index in [2.05, 4.69) is 25.2 Å². The minimum Gasteiger partial charge on any atom is -0.392 e. The van der Waals surface area contributed by atoms with Crippen LogP contribution in [-0.4, -0.2) is 44.2 Å². The molecular weight excluding hydrogens is 287 g/mol.